The van der Waals surface area contributed by atoms with Crippen LogP contribution in [-0.4, -0.2) is 44.4 Å². The monoisotopic (exact) mass is 386 g/mol. The van der Waals surface area contributed by atoms with Crippen LogP contribution in [0.1, 0.15) is 35.3 Å². The lowest BCUT2D eigenvalue weighted by Gasteiger charge is -2.19. The molecule has 0 fully saturated rings. The molecule has 1 aromatic carbocycles. The van der Waals surface area contributed by atoms with Crippen LogP contribution in [0.25, 0.3) is 16.9 Å². The van der Waals surface area contributed by atoms with Crippen molar-refractivity contribution in [2.45, 2.75) is 27.2 Å². The number of anilines is 1. The van der Waals surface area contributed by atoms with E-state index in [1.807, 2.05) is 13.0 Å². The Bertz CT molecular complexity index is 1020. The Labute approximate surface area is 163 Å². The van der Waals surface area contributed by atoms with E-state index in [9.17, 15) is 4.79 Å². The lowest BCUT2D eigenvalue weighted by atomic mass is 9.92. The van der Waals surface area contributed by atoms with Crippen LogP contribution in [0.15, 0.2) is 18.7 Å². The summed E-state index contributed by atoms with van der Waals surface area (Å²) in [6.45, 7) is 6.18. The molecule has 2 N–H and O–H groups in total. The minimum atomic E-state index is -0.0242. The first-order valence-electron chi connectivity index (χ1n) is 8.69. The summed E-state index contributed by atoms with van der Waals surface area (Å²) < 4.78 is 1.79. The summed E-state index contributed by atoms with van der Waals surface area (Å²) >= 11 is 6.31. The second-order valence-corrected chi connectivity index (χ2v) is 7.60. The zero-order valence-electron chi connectivity index (χ0n) is 16.1. The minimum absolute atomic E-state index is 0.0242. The minimum Gasteiger partial charge on any atom is -0.382 e. The first kappa shape index (κ1) is 19.1. The van der Waals surface area contributed by atoms with Crippen LogP contribution in [-0.2, 0) is 6.42 Å². The zero-order valence-corrected chi connectivity index (χ0v) is 16.9. The van der Waals surface area contributed by atoms with Gasteiger partial charge in [0.15, 0.2) is 5.82 Å². The number of carbonyl (C=O) groups is 1. The number of halogens is 1. The Hall–Kier alpha value is -2.67. The molecule has 1 amide bonds. The summed E-state index contributed by atoms with van der Waals surface area (Å²) in [6, 6.07) is 1.94. The van der Waals surface area contributed by atoms with Gasteiger partial charge in [0.1, 0.15) is 23.5 Å². The van der Waals surface area contributed by atoms with E-state index in [0.717, 1.165) is 28.6 Å². The van der Waals surface area contributed by atoms with E-state index in [1.54, 1.807) is 29.9 Å². The molecule has 8 heteroatoms. The molecule has 3 aromatic rings. The third-order valence-electron chi connectivity index (χ3n) is 4.40. The number of aromatic nitrogens is 4. The third-order valence-corrected chi connectivity index (χ3v) is 4.76. The van der Waals surface area contributed by atoms with Gasteiger partial charge in [-0.05, 0) is 36.5 Å². The predicted molar refractivity (Wildman–Crippen MR) is 107 cm³/mol. The quantitative estimate of drug-likeness (QED) is 0.743. The number of hydrogen-bond donors (Lipinski definition) is 1. The fraction of sp³-hybridized carbons (Fsp3) is 0.368. The number of imidazole rings is 1. The Morgan fingerprint density at radius 1 is 1.30 bits per heavy atom. The Kier molecular flexibility index (Phi) is 5.06. The van der Waals surface area contributed by atoms with Gasteiger partial charge >= 0.3 is 0 Å². The molecule has 0 radical (unpaired) electrons. The maximum absolute atomic E-state index is 12.8. The SMILES string of the molecule is Cc1cc2c(ncn2-c2ncnc(N)c2Cl)c(CC(C)C)c1C(=O)N(C)C. The first-order chi connectivity index (χ1) is 12.7. The number of amides is 1. The smallest absolute Gasteiger partial charge is 0.253 e. The number of aryl methyl sites for hydroxylation is 1. The highest BCUT2D eigenvalue weighted by Gasteiger charge is 2.23. The highest BCUT2D eigenvalue weighted by Crippen LogP contribution is 2.31. The van der Waals surface area contributed by atoms with Gasteiger partial charge in [-0.2, -0.15) is 0 Å². The van der Waals surface area contributed by atoms with Gasteiger partial charge in [-0.3, -0.25) is 9.36 Å². The Morgan fingerprint density at radius 2 is 2.00 bits per heavy atom. The number of nitrogens with two attached hydrogens (primary N) is 1. The van der Waals surface area contributed by atoms with Crippen molar-refractivity contribution in [2.75, 3.05) is 19.8 Å². The number of benzene rings is 1. The summed E-state index contributed by atoms with van der Waals surface area (Å²) in [5, 5.41) is 0.272. The molecule has 0 saturated carbocycles. The van der Waals surface area contributed by atoms with Crippen molar-refractivity contribution >= 4 is 34.4 Å². The van der Waals surface area contributed by atoms with Crippen molar-refractivity contribution < 1.29 is 4.79 Å². The number of carbonyl (C=O) groups excluding carboxylic acids is 1. The van der Waals surface area contributed by atoms with Crippen molar-refractivity contribution in [2.24, 2.45) is 5.92 Å². The summed E-state index contributed by atoms with van der Waals surface area (Å²) in [6.07, 6.45) is 3.77. The molecular formula is C19H23ClN6O. The molecule has 7 nitrogen and oxygen atoms in total. The molecule has 0 aliphatic carbocycles. The van der Waals surface area contributed by atoms with Crippen LogP contribution in [0.3, 0.4) is 0 Å². The molecule has 2 heterocycles. The van der Waals surface area contributed by atoms with Gasteiger partial charge in [-0.1, -0.05) is 25.4 Å². The van der Waals surface area contributed by atoms with Crippen LogP contribution in [0.2, 0.25) is 5.02 Å². The molecular weight excluding hydrogens is 364 g/mol. The summed E-state index contributed by atoms with van der Waals surface area (Å²) in [5.74, 6) is 1.02. The van der Waals surface area contributed by atoms with Crippen LogP contribution < -0.4 is 5.73 Å². The van der Waals surface area contributed by atoms with Crippen molar-refractivity contribution in [3.63, 3.8) is 0 Å². The Morgan fingerprint density at radius 3 is 2.63 bits per heavy atom. The van der Waals surface area contributed by atoms with E-state index in [1.165, 1.54) is 6.33 Å². The van der Waals surface area contributed by atoms with Crippen LogP contribution >= 0.6 is 11.6 Å². The van der Waals surface area contributed by atoms with Gasteiger partial charge in [0.2, 0.25) is 0 Å². The maximum Gasteiger partial charge on any atom is 0.253 e. The summed E-state index contributed by atoms with van der Waals surface area (Å²) in [7, 11) is 3.51. The number of nitrogen functional groups attached to an aromatic ring is 1. The van der Waals surface area contributed by atoms with Gasteiger partial charge in [0.25, 0.3) is 5.91 Å². The fourth-order valence-corrected chi connectivity index (χ4v) is 3.39. The van der Waals surface area contributed by atoms with Crippen LogP contribution in [0, 0.1) is 12.8 Å². The van der Waals surface area contributed by atoms with E-state index < -0.39 is 0 Å². The van der Waals surface area contributed by atoms with Gasteiger partial charge in [0, 0.05) is 19.7 Å². The average Bonchev–Trinajstić information content (AvgIpc) is 3.00. The Balaban J connectivity index is 2.33. The second-order valence-electron chi connectivity index (χ2n) is 7.22. The number of fused-ring (bicyclic) bond motifs is 1. The molecule has 0 bridgehead atoms. The predicted octanol–water partition coefficient (Wildman–Crippen LogP) is 3.26. The van der Waals surface area contributed by atoms with E-state index in [4.69, 9.17) is 17.3 Å². The second kappa shape index (κ2) is 7.15. The molecule has 0 saturated heterocycles. The van der Waals surface area contributed by atoms with Gasteiger partial charge < -0.3 is 10.6 Å². The van der Waals surface area contributed by atoms with E-state index in [2.05, 4.69) is 28.8 Å². The fourth-order valence-electron chi connectivity index (χ4n) is 3.20. The van der Waals surface area contributed by atoms with Gasteiger partial charge in [-0.25, -0.2) is 15.0 Å². The van der Waals surface area contributed by atoms with Crippen molar-refractivity contribution in [1.82, 2.24) is 24.4 Å². The number of nitrogens with zero attached hydrogens (tertiary/aromatic N) is 5. The molecule has 0 aliphatic heterocycles. The van der Waals surface area contributed by atoms with Crippen molar-refractivity contribution in [3.8, 4) is 5.82 Å². The van der Waals surface area contributed by atoms with Crippen LogP contribution in [0.4, 0.5) is 5.82 Å². The van der Waals surface area contributed by atoms with Gasteiger partial charge in [-0.15, -0.1) is 0 Å². The van der Waals surface area contributed by atoms with Gasteiger partial charge in [0.05, 0.1) is 11.0 Å². The molecule has 0 unspecified atom stereocenters. The van der Waals surface area contributed by atoms with E-state index in [-0.39, 0.29) is 16.7 Å². The molecule has 142 valence electrons. The maximum atomic E-state index is 12.8. The number of rotatable bonds is 4. The molecule has 3 rings (SSSR count). The van der Waals surface area contributed by atoms with E-state index >= 15 is 0 Å². The average molecular weight is 387 g/mol. The molecule has 0 atom stereocenters. The molecule has 0 spiro atoms. The van der Waals surface area contributed by atoms with Crippen LogP contribution in [0.5, 0.6) is 0 Å². The lowest BCUT2D eigenvalue weighted by molar-refractivity contribution is 0.0826. The normalized spacial score (nSPS) is 11.4. The standard InChI is InChI=1S/C19H23ClN6O/c1-10(2)6-12-14(19(27)25(4)5)11(3)7-13-16(12)24-9-26(13)18-15(20)17(21)22-8-23-18/h7-10H,6H2,1-5H3,(H2,21,22,23). The van der Waals surface area contributed by atoms with E-state index in [0.29, 0.717) is 17.3 Å². The summed E-state index contributed by atoms with van der Waals surface area (Å²) in [5.41, 5.74) is 9.96. The molecule has 0 aliphatic rings. The third kappa shape index (κ3) is 3.35. The van der Waals surface area contributed by atoms with Crippen molar-refractivity contribution in [3.05, 3.63) is 40.4 Å². The topological polar surface area (TPSA) is 89.9 Å². The highest BCUT2D eigenvalue weighted by molar-refractivity contribution is 6.34. The first-order valence-corrected chi connectivity index (χ1v) is 9.07. The summed E-state index contributed by atoms with van der Waals surface area (Å²) in [4.78, 5) is 27.2. The lowest BCUT2D eigenvalue weighted by Crippen LogP contribution is -2.24. The number of hydrogen-bond acceptors (Lipinski definition) is 5. The zero-order chi connectivity index (χ0) is 19.9. The molecule has 2 aromatic heterocycles. The largest absolute Gasteiger partial charge is 0.382 e. The van der Waals surface area contributed by atoms with Crippen molar-refractivity contribution in [1.29, 1.82) is 0 Å². The molecule has 27 heavy (non-hydrogen) atoms. The highest BCUT2D eigenvalue weighted by atomic mass is 35.5.